The fraction of sp³-hybridized carbons (Fsp3) is 0.316. The molecule has 0 saturated heterocycles. The minimum Gasteiger partial charge on any atom is -0.326 e. The number of hydrogen-bond acceptors (Lipinski definition) is 3. The lowest BCUT2D eigenvalue weighted by Gasteiger charge is -2.08. The van der Waals surface area contributed by atoms with Crippen LogP contribution >= 0.6 is 0 Å². The number of carbonyl (C=O) groups is 1. The number of hydrogen-bond donors (Lipinski definition) is 1. The van der Waals surface area contributed by atoms with Gasteiger partial charge < -0.3 is 9.88 Å². The summed E-state index contributed by atoms with van der Waals surface area (Å²) in [5.74, 6) is 0.00524. The highest BCUT2D eigenvalue weighted by Crippen LogP contribution is 2.17. The molecule has 0 fully saturated rings. The van der Waals surface area contributed by atoms with Gasteiger partial charge in [0.15, 0.2) is 0 Å². The second-order valence-corrected chi connectivity index (χ2v) is 6.26. The van der Waals surface area contributed by atoms with E-state index < -0.39 is 0 Å². The van der Waals surface area contributed by atoms with Crippen molar-refractivity contribution in [3.8, 4) is 5.69 Å². The van der Waals surface area contributed by atoms with E-state index in [9.17, 15) is 4.79 Å². The van der Waals surface area contributed by atoms with Crippen LogP contribution in [0.5, 0.6) is 0 Å². The van der Waals surface area contributed by atoms with Crippen LogP contribution in [-0.4, -0.2) is 25.2 Å². The van der Waals surface area contributed by atoms with Gasteiger partial charge in [-0.15, -0.1) is 0 Å². The van der Waals surface area contributed by atoms with Gasteiger partial charge in [-0.25, -0.2) is 4.98 Å². The minimum atomic E-state index is 0.00524. The Morgan fingerprint density at radius 3 is 2.40 bits per heavy atom. The van der Waals surface area contributed by atoms with Crippen LogP contribution in [0.1, 0.15) is 29.1 Å². The number of aromatic nitrogens is 4. The van der Waals surface area contributed by atoms with Crippen LogP contribution in [0.15, 0.2) is 36.8 Å². The SMILES string of the molecule is Cc1ncn(-c2ccc(NC(=O)CCc3cnn(C)c3C)cc2)c1C. The molecule has 0 spiro atoms. The Morgan fingerprint density at radius 1 is 1.12 bits per heavy atom. The molecule has 1 amide bonds. The van der Waals surface area contributed by atoms with E-state index in [0.29, 0.717) is 12.8 Å². The molecule has 1 N–H and O–H groups in total. The fourth-order valence-electron chi connectivity index (χ4n) is 2.73. The summed E-state index contributed by atoms with van der Waals surface area (Å²) in [7, 11) is 1.91. The van der Waals surface area contributed by atoms with Gasteiger partial charge in [0.05, 0.1) is 18.2 Å². The van der Waals surface area contributed by atoms with Crippen molar-refractivity contribution < 1.29 is 4.79 Å². The maximum Gasteiger partial charge on any atom is 0.224 e. The molecular weight excluding hydrogens is 314 g/mol. The molecular formula is C19H23N5O. The largest absolute Gasteiger partial charge is 0.326 e. The first kappa shape index (κ1) is 17.0. The van der Waals surface area contributed by atoms with Crippen LogP contribution in [0.3, 0.4) is 0 Å². The van der Waals surface area contributed by atoms with E-state index in [-0.39, 0.29) is 5.91 Å². The monoisotopic (exact) mass is 337 g/mol. The second-order valence-electron chi connectivity index (χ2n) is 6.26. The maximum absolute atomic E-state index is 12.2. The fourth-order valence-corrected chi connectivity index (χ4v) is 2.73. The normalized spacial score (nSPS) is 10.9. The smallest absolute Gasteiger partial charge is 0.224 e. The Bertz CT molecular complexity index is 889. The Kier molecular flexibility index (Phi) is 4.70. The molecule has 6 nitrogen and oxygen atoms in total. The zero-order valence-corrected chi connectivity index (χ0v) is 15.1. The van der Waals surface area contributed by atoms with Crippen LogP contribution in [-0.2, 0) is 18.3 Å². The first-order valence-corrected chi connectivity index (χ1v) is 8.34. The van der Waals surface area contributed by atoms with Crippen molar-refractivity contribution in [1.29, 1.82) is 0 Å². The minimum absolute atomic E-state index is 0.00524. The van der Waals surface area contributed by atoms with Gasteiger partial charge in [0.1, 0.15) is 0 Å². The molecule has 0 aliphatic carbocycles. The first-order valence-electron chi connectivity index (χ1n) is 8.34. The summed E-state index contributed by atoms with van der Waals surface area (Å²) in [5, 5.41) is 7.15. The quantitative estimate of drug-likeness (QED) is 0.778. The Balaban J connectivity index is 1.60. The third-order valence-corrected chi connectivity index (χ3v) is 4.64. The Morgan fingerprint density at radius 2 is 1.84 bits per heavy atom. The molecule has 0 saturated carbocycles. The van der Waals surface area contributed by atoms with E-state index >= 15 is 0 Å². The summed E-state index contributed by atoms with van der Waals surface area (Å²) < 4.78 is 3.86. The number of amides is 1. The topological polar surface area (TPSA) is 64.7 Å². The molecule has 0 bridgehead atoms. The van der Waals surface area contributed by atoms with Crippen molar-refractivity contribution in [3.63, 3.8) is 0 Å². The Hall–Kier alpha value is -2.89. The third-order valence-electron chi connectivity index (χ3n) is 4.64. The van der Waals surface area contributed by atoms with Crippen LogP contribution in [0.4, 0.5) is 5.69 Å². The summed E-state index contributed by atoms with van der Waals surface area (Å²) in [5.41, 5.74) is 6.17. The van der Waals surface area contributed by atoms with Gasteiger partial charge >= 0.3 is 0 Å². The van der Waals surface area contributed by atoms with Crippen LogP contribution in [0.2, 0.25) is 0 Å². The highest BCUT2D eigenvalue weighted by atomic mass is 16.1. The van der Waals surface area contributed by atoms with Gasteiger partial charge in [-0.3, -0.25) is 9.48 Å². The first-order chi connectivity index (χ1) is 12.0. The summed E-state index contributed by atoms with van der Waals surface area (Å²) in [6, 6.07) is 7.79. The average Bonchev–Trinajstić information content (AvgIpc) is 3.10. The van der Waals surface area contributed by atoms with Gasteiger partial charge in [0, 0.05) is 36.2 Å². The number of nitrogens with one attached hydrogen (secondary N) is 1. The van der Waals surface area contributed by atoms with Gasteiger partial charge in [-0.2, -0.15) is 5.10 Å². The molecule has 3 rings (SSSR count). The van der Waals surface area contributed by atoms with Crippen molar-refractivity contribution in [1.82, 2.24) is 19.3 Å². The molecule has 0 aliphatic heterocycles. The summed E-state index contributed by atoms with van der Waals surface area (Å²) in [6.45, 7) is 6.04. The van der Waals surface area contributed by atoms with E-state index in [4.69, 9.17) is 0 Å². The molecule has 25 heavy (non-hydrogen) atoms. The van der Waals surface area contributed by atoms with Crippen LogP contribution in [0.25, 0.3) is 5.69 Å². The molecule has 3 aromatic rings. The second kappa shape index (κ2) is 6.93. The van der Waals surface area contributed by atoms with E-state index in [1.165, 1.54) is 0 Å². The van der Waals surface area contributed by atoms with Crippen LogP contribution in [0, 0.1) is 20.8 Å². The van der Waals surface area contributed by atoms with Crippen molar-refractivity contribution >= 4 is 11.6 Å². The van der Waals surface area contributed by atoms with E-state index in [0.717, 1.165) is 34.0 Å². The maximum atomic E-state index is 12.2. The average molecular weight is 337 g/mol. The van der Waals surface area contributed by atoms with Gasteiger partial charge in [-0.05, 0) is 57.0 Å². The Labute approximate surface area is 147 Å². The number of aryl methyl sites for hydroxylation is 3. The predicted molar refractivity (Wildman–Crippen MR) is 97.9 cm³/mol. The van der Waals surface area contributed by atoms with Crippen molar-refractivity contribution in [2.75, 3.05) is 5.32 Å². The van der Waals surface area contributed by atoms with Gasteiger partial charge in [-0.1, -0.05) is 0 Å². The summed E-state index contributed by atoms with van der Waals surface area (Å²) in [6.07, 6.45) is 4.77. The molecule has 1 aromatic carbocycles. The summed E-state index contributed by atoms with van der Waals surface area (Å²) in [4.78, 5) is 16.5. The molecule has 0 radical (unpaired) electrons. The number of imidazole rings is 1. The number of nitrogens with zero attached hydrogens (tertiary/aromatic N) is 4. The lowest BCUT2D eigenvalue weighted by atomic mass is 10.1. The van der Waals surface area contributed by atoms with Gasteiger partial charge in [0.25, 0.3) is 0 Å². The molecule has 6 heteroatoms. The molecule has 130 valence electrons. The lowest BCUT2D eigenvalue weighted by molar-refractivity contribution is -0.116. The number of rotatable bonds is 5. The highest BCUT2D eigenvalue weighted by molar-refractivity contribution is 5.90. The molecule has 2 heterocycles. The van der Waals surface area contributed by atoms with E-state index in [1.54, 1.807) is 0 Å². The van der Waals surface area contributed by atoms with E-state index in [1.807, 2.05) is 73.9 Å². The number of benzene rings is 1. The molecule has 0 aliphatic rings. The predicted octanol–water partition coefficient (Wildman–Crippen LogP) is 3.10. The molecule has 0 atom stereocenters. The standard InChI is InChI=1S/C19H23N5O/c1-13-14(2)24(12-20-13)18-8-6-17(7-9-18)22-19(25)10-5-16-11-21-23(4)15(16)3/h6-9,11-12H,5,10H2,1-4H3,(H,22,25). The van der Waals surface area contributed by atoms with Crippen molar-refractivity contribution in [2.24, 2.45) is 7.05 Å². The summed E-state index contributed by atoms with van der Waals surface area (Å²) >= 11 is 0. The highest BCUT2D eigenvalue weighted by Gasteiger charge is 2.08. The van der Waals surface area contributed by atoms with Crippen molar-refractivity contribution in [3.05, 3.63) is 59.4 Å². The lowest BCUT2D eigenvalue weighted by Crippen LogP contribution is -2.12. The van der Waals surface area contributed by atoms with Crippen LogP contribution < -0.4 is 5.32 Å². The zero-order chi connectivity index (χ0) is 18.0. The number of anilines is 1. The zero-order valence-electron chi connectivity index (χ0n) is 15.1. The van der Waals surface area contributed by atoms with Crippen molar-refractivity contribution in [2.45, 2.75) is 33.6 Å². The van der Waals surface area contributed by atoms with Gasteiger partial charge in [0.2, 0.25) is 5.91 Å². The molecule has 2 aromatic heterocycles. The molecule has 0 unspecified atom stereocenters. The van der Waals surface area contributed by atoms with E-state index in [2.05, 4.69) is 15.4 Å². The number of carbonyl (C=O) groups excluding carboxylic acids is 1. The third kappa shape index (κ3) is 3.63.